The lowest BCUT2D eigenvalue weighted by Gasteiger charge is -2.13. The summed E-state index contributed by atoms with van der Waals surface area (Å²) in [4.78, 5) is 17.2. The predicted octanol–water partition coefficient (Wildman–Crippen LogP) is 1.66. The second-order valence-corrected chi connectivity index (χ2v) is 5.69. The Morgan fingerprint density at radius 1 is 1.08 bits per heavy atom. The van der Waals surface area contributed by atoms with Crippen molar-refractivity contribution in [3.8, 4) is 11.1 Å². The van der Waals surface area contributed by atoms with Crippen molar-refractivity contribution >= 4 is 35.4 Å². The Balaban J connectivity index is 1.61. The van der Waals surface area contributed by atoms with Gasteiger partial charge >= 0.3 is 0 Å². The molecule has 3 N–H and O–H groups in total. The first-order chi connectivity index (χ1) is 11.7. The molecular formula is C16H13ClN6O. The Labute approximate surface area is 143 Å². The normalized spacial score (nSPS) is 16.1. The number of hydrogen-bond acceptors (Lipinski definition) is 6. The Hall–Kier alpha value is -2.90. The maximum atomic E-state index is 11.7. The van der Waals surface area contributed by atoms with Crippen LogP contribution in [-0.4, -0.2) is 24.6 Å². The molecule has 2 aromatic carbocycles. The van der Waals surface area contributed by atoms with Gasteiger partial charge in [0.05, 0.1) is 6.34 Å². The van der Waals surface area contributed by atoms with Crippen LogP contribution in [0.1, 0.15) is 5.56 Å². The number of benzene rings is 2. The van der Waals surface area contributed by atoms with Crippen LogP contribution in [0.3, 0.4) is 0 Å². The summed E-state index contributed by atoms with van der Waals surface area (Å²) in [5.74, 6) is 0.642. The average Bonchev–Trinajstić information content (AvgIpc) is 3.27. The molecule has 120 valence electrons. The number of hydrogen-bond donors (Lipinski definition) is 3. The van der Waals surface area contributed by atoms with Crippen LogP contribution in [0.15, 0.2) is 52.6 Å². The minimum atomic E-state index is -0.0304. The Morgan fingerprint density at radius 2 is 1.88 bits per heavy atom. The Bertz CT molecular complexity index is 861. The van der Waals surface area contributed by atoms with Crippen molar-refractivity contribution in [2.75, 3.05) is 11.4 Å². The van der Waals surface area contributed by atoms with Gasteiger partial charge in [-0.2, -0.15) is 0 Å². The van der Waals surface area contributed by atoms with E-state index in [-0.39, 0.29) is 12.5 Å². The molecule has 2 aliphatic heterocycles. The first-order valence-corrected chi connectivity index (χ1v) is 7.66. The average molecular weight is 341 g/mol. The van der Waals surface area contributed by atoms with Crippen molar-refractivity contribution in [2.45, 2.75) is 0 Å². The van der Waals surface area contributed by atoms with Gasteiger partial charge in [-0.25, -0.2) is 5.53 Å². The molecule has 8 heteroatoms. The minimum Gasteiger partial charge on any atom is -0.285 e. The number of carbonyl (C=O) groups excluding carboxylic acids is 1. The molecule has 0 aromatic heterocycles. The van der Waals surface area contributed by atoms with Gasteiger partial charge in [-0.15, -0.1) is 10.6 Å². The molecule has 0 aliphatic carbocycles. The molecule has 4 rings (SSSR count). The first-order valence-electron chi connectivity index (χ1n) is 7.28. The van der Waals surface area contributed by atoms with Gasteiger partial charge in [-0.3, -0.25) is 20.1 Å². The van der Waals surface area contributed by atoms with E-state index < -0.39 is 0 Å². The number of hydrazone groups is 1. The smallest absolute Gasteiger partial charge is 0.253 e. The molecular weight excluding hydrogens is 328 g/mol. The number of anilines is 1. The second-order valence-electron chi connectivity index (χ2n) is 5.28. The van der Waals surface area contributed by atoms with Crippen LogP contribution in [0.25, 0.3) is 11.1 Å². The number of carbonyl (C=O) groups is 1. The molecule has 24 heavy (non-hydrogen) atoms. The van der Waals surface area contributed by atoms with Crippen molar-refractivity contribution in [2.24, 2.45) is 10.1 Å². The van der Waals surface area contributed by atoms with E-state index in [2.05, 4.69) is 26.6 Å². The Morgan fingerprint density at radius 3 is 2.50 bits per heavy atom. The zero-order valence-electron chi connectivity index (χ0n) is 12.5. The molecule has 0 atom stereocenters. The molecule has 2 aromatic rings. The molecule has 1 amide bonds. The third-order valence-electron chi connectivity index (χ3n) is 3.80. The molecule has 0 bridgehead atoms. The van der Waals surface area contributed by atoms with E-state index in [0.717, 1.165) is 22.4 Å². The van der Waals surface area contributed by atoms with Crippen molar-refractivity contribution in [3.05, 3.63) is 53.1 Å². The van der Waals surface area contributed by atoms with Crippen LogP contribution < -0.4 is 21.4 Å². The number of rotatable bonds is 3. The molecule has 2 heterocycles. The third kappa shape index (κ3) is 2.60. The standard InChI is InChI=1S/C16H13ClN6O/c17-14-7-11(16-19-21-22-20-16)3-6-13(14)10-1-4-12(5-2-10)23-9-18-8-15(23)24/h1-7,9,21-22H,8H2,(H,19,20). The summed E-state index contributed by atoms with van der Waals surface area (Å²) in [6.45, 7) is 0.205. The second kappa shape index (κ2) is 5.95. The van der Waals surface area contributed by atoms with Crippen molar-refractivity contribution < 1.29 is 4.79 Å². The van der Waals surface area contributed by atoms with Crippen molar-refractivity contribution in [1.29, 1.82) is 0 Å². The van der Waals surface area contributed by atoms with Gasteiger partial charge < -0.3 is 0 Å². The summed E-state index contributed by atoms with van der Waals surface area (Å²) in [7, 11) is 0. The molecule has 7 nitrogen and oxygen atoms in total. The topological polar surface area (TPSA) is 81.1 Å². The van der Waals surface area contributed by atoms with Crippen molar-refractivity contribution in [1.82, 2.24) is 16.5 Å². The van der Waals surface area contributed by atoms with Crippen LogP contribution in [0.5, 0.6) is 0 Å². The highest BCUT2D eigenvalue weighted by molar-refractivity contribution is 6.33. The van der Waals surface area contributed by atoms with Gasteiger partial charge in [0.25, 0.3) is 5.91 Å². The lowest BCUT2D eigenvalue weighted by Crippen LogP contribution is -2.35. The fourth-order valence-electron chi connectivity index (χ4n) is 2.59. The number of amidine groups is 1. The highest BCUT2D eigenvalue weighted by atomic mass is 35.5. The Kier molecular flexibility index (Phi) is 3.64. The van der Waals surface area contributed by atoms with Gasteiger partial charge in [0.15, 0.2) is 5.84 Å². The number of nitrogens with one attached hydrogen (secondary N) is 3. The van der Waals surface area contributed by atoms with Crippen LogP contribution in [0.2, 0.25) is 5.02 Å². The van der Waals surface area contributed by atoms with Gasteiger partial charge in [0, 0.05) is 21.8 Å². The van der Waals surface area contributed by atoms with Crippen LogP contribution >= 0.6 is 11.6 Å². The molecule has 0 spiro atoms. The zero-order chi connectivity index (χ0) is 16.5. The highest BCUT2D eigenvalue weighted by Crippen LogP contribution is 2.30. The summed E-state index contributed by atoms with van der Waals surface area (Å²) in [6.07, 6.45) is 1.55. The molecule has 0 radical (unpaired) electrons. The van der Waals surface area contributed by atoms with E-state index in [1.807, 2.05) is 42.5 Å². The summed E-state index contributed by atoms with van der Waals surface area (Å²) >= 11 is 6.42. The van der Waals surface area contributed by atoms with Gasteiger partial charge in [-0.1, -0.05) is 35.9 Å². The first kappa shape index (κ1) is 14.7. The van der Waals surface area contributed by atoms with E-state index in [4.69, 9.17) is 11.6 Å². The van der Waals surface area contributed by atoms with Gasteiger partial charge in [-0.05, 0) is 23.8 Å². The SMILES string of the molecule is O=C1CN=CN1c1ccc(-c2ccc(C3=NNNN3)cc2Cl)cc1. The number of halogens is 1. The number of nitrogens with zero attached hydrogens (tertiary/aromatic N) is 3. The number of aliphatic imine (C=N–C) groups is 1. The van der Waals surface area contributed by atoms with E-state index >= 15 is 0 Å². The lowest BCUT2D eigenvalue weighted by atomic mass is 10.0. The third-order valence-corrected chi connectivity index (χ3v) is 4.11. The van der Waals surface area contributed by atoms with Crippen LogP contribution in [0.4, 0.5) is 5.69 Å². The minimum absolute atomic E-state index is 0.0304. The summed E-state index contributed by atoms with van der Waals surface area (Å²) in [5.41, 5.74) is 11.7. The van der Waals surface area contributed by atoms with Gasteiger partial charge in [0.1, 0.15) is 6.54 Å². The predicted molar refractivity (Wildman–Crippen MR) is 93.7 cm³/mol. The fraction of sp³-hybridized carbons (Fsp3) is 0.0625. The van der Waals surface area contributed by atoms with E-state index in [0.29, 0.717) is 10.9 Å². The van der Waals surface area contributed by atoms with Crippen molar-refractivity contribution in [3.63, 3.8) is 0 Å². The maximum absolute atomic E-state index is 11.7. The highest BCUT2D eigenvalue weighted by Gasteiger charge is 2.18. The molecule has 0 saturated carbocycles. The summed E-state index contributed by atoms with van der Waals surface area (Å²) in [6, 6.07) is 13.4. The molecule has 2 aliphatic rings. The quantitative estimate of drug-likeness (QED) is 0.793. The lowest BCUT2D eigenvalue weighted by molar-refractivity contribution is -0.115. The summed E-state index contributed by atoms with van der Waals surface area (Å²) in [5, 5.41) is 4.67. The summed E-state index contributed by atoms with van der Waals surface area (Å²) < 4.78 is 0. The number of hydrazine groups is 2. The van der Waals surface area contributed by atoms with E-state index in [1.165, 1.54) is 0 Å². The fourth-order valence-corrected chi connectivity index (χ4v) is 2.88. The largest absolute Gasteiger partial charge is 0.285 e. The monoisotopic (exact) mass is 340 g/mol. The van der Waals surface area contributed by atoms with Crippen LogP contribution in [0, 0.1) is 0 Å². The van der Waals surface area contributed by atoms with E-state index in [1.54, 1.807) is 11.2 Å². The maximum Gasteiger partial charge on any atom is 0.253 e. The number of amides is 1. The van der Waals surface area contributed by atoms with E-state index in [9.17, 15) is 4.79 Å². The molecule has 0 unspecified atom stereocenters. The molecule has 0 fully saturated rings. The zero-order valence-corrected chi connectivity index (χ0v) is 13.2. The molecule has 0 saturated heterocycles. The van der Waals surface area contributed by atoms with Crippen LogP contribution in [-0.2, 0) is 4.79 Å². The van der Waals surface area contributed by atoms with Gasteiger partial charge in [0.2, 0.25) is 0 Å².